The Morgan fingerprint density at radius 2 is 2.00 bits per heavy atom. The van der Waals surface area contributed by atoms with Crippen LogP contribution in [0.25, 0.3) is 0 Å². The third kappa shape index (κ3) is 2.46. The molecule has 1 aromatic heterocycles. The molecule has 3 nitrogen and oxygen atoms in total. The summed E-state index contributed by atoms with van der Waals surface area (Å²) in [4.78, 5) is 4.12. The summed E-state index contributed by atoms with van der Waals surface area (Å²) in [5.74, 6) is 0.173. The van der Waals surface area contributed by atoms with Crippen molar-refractivity contribution in [2.24, 2.45) is 0 Å². The minimum absolute atomic E-state index is 0.195. The van der Waals surface area contributed by atoms with E-state index in [1.54, 1.807) is 38.1 Å². The quantitative estimate of drug-likeness (QED) is 0.809. The maximum atomic E-state index is 13.4. The Balaban J connectivity index is 2.36. The lowest BCUT2D eigenvalue weighted by molar-refractivity contribution is 0.455. The van der Waals surface area contributed by atoms with Crippen molar-refractivity contribution in [2.45, 2.75) is 13.8 Å². The van der Waals surface area contributed by atoms with Crippen LogP contribution in [-0.2, 0) is 0 Å². The normalized spacial score (nSPS) is 9.89. The minimum Gasteiger partial charge on any atom is -0.438 e. The summed E-state index contributed by atoms with van der Waals surface area (Å²) < 4.78 is 18.8. The van der Waals surface area contributed by atoms with E-state index in [4.69, 9.17) is 10.00 Å². The first-order valence-electron chi connectivity index (χ1n) is 5.42. The van der Waals surface area contributed by atoms with Crippen molar-refractivity contribution in [3.05, 3.63) is 53.0 Å². The summed E-state index contributed by atoms with van der Waals surface area (Å²) in [6, 6.07) is 9.88. The molecule has 18 heavy (non-hydrogen) atoms. The monoisotopic (exact) mass is 242 g/mol. The number of ether oxygens (including phenoxy) is 1. The number of hydrogen-bond donors (Lipinski definition) is 0. The van der Waals surface area contributed by atoms with Gasteiger partial charge in [0.2, 0.25) is 5.88 Å². The zero-order chi connectivity index (χ0) is 13.1. The number of nitrogens with zero attached hydrogens (tertiary/aromatic N) is 2. The van der Waals surface area contributed by atoms with Crippen LogP contribution < -0.4 is 4.74 Å². The molecule has 0 fully saturated rings. The fourth-order valence-corrected chi connectivity index (χ4v) is 1.44. The fraction of sp³-hybridized carbons (Fsp3) is 0.143. The average Bonchev–Trinajstić information content (AvgIpc) is 2.34. The molecule has 0 N–H and O–H groups in total. The van der Waals surface area contributed by atoms with E-state index in [1.165, 1.54) is 6.07 Å². The van der Waals surface area contributed by atoms with E-state index in [0.717, 1.165) is 5.69 Å². The second-order valence-corrected chi connectivity index (χ2v) is 3.93. The average molecular weight is 242 g/mol. The lowest BCUT2D eigenvalue weighted by Crippen LogP contribution is -1.94. The van der Waals surface area contributed by atoms with E-state index in [0.29, 0.717) is 16.9 Å². The molecule has 2 aromatic rings. The number of rotatable bonds is 2. The highest BCUT2D eigenvalue weighted by Gasteiger charge is 2.08. The van der Waals surface area contributed by atoms with Gasteiger partial charge in [0, 0.05) is 11.8 Å². The van der Waals surface area contributed by atoms with E-state index < -0.39 is 0 Å². The van der Waals surface area contributed by atoms with Crippen molar-refractivity contribution in [3.63, 3.8) is 0 Å². The molecule has 0 aliphatic heterocycles. The smallest absolute Gasteiger partial charge is 0.237 e. The molecular weight excluding hydrogens is 231 g/mol. The Morgan fingerprint density at radius 3 is 2.67 bits per heavy atom. The molecular formula is C14H11FN2O. The second kappa shape index (κ2) is 4.84. The van der Waals surface area contributed by atoms with Crippen LogP contribution in [0.2, 0.25) is 0 Å². The molecule has 0 bridgehead atoms. The first-order chi connectivity index (χ1) is 8.60. The van der Waals surface area contributed by atoms with Gasteiger partial charge in [-0.25, -0.2) is 9.37 Å². The van der Waals surface area contributed by atoms with Gasteiger partial charge in [-0.2, -0.15) is 5.26 Å². The van der Waals surface area contributed by atoms with Crippen molar-refractivity contribution in [3.8, 4) is 17.7 Å². The number of aryl methyl sites for hydroxylation is 2. The Labute approximate surface area is 104 Å². The predicted octanol–water partition coefficient (Wildman–Crippen LogP) is 3.50. The molecule has 0 atom stereocenters. The van der Waals surface area contributed by atoms with Crippen LogP contribution in [0, 0.1) is 31.0 Å². The summed E-state index contributed by atoms with van der Waals surface area (Å²) >= 11 is 0. The summed E-state index contributed by atoms with van der Waals surface area (Å²) in [5, 5.41) is 8.94. The van der Waals surface area contributed by atoms with Crippen LogP contribution in [-0.4, -0.2) is 4.98 Å². The summed E-state index contributed by atoms with van der Waals surface area (Å²) in [6.45, 7) is 3.47. The Bertz CT molecular complexity index is 632. The Morgan fingerprint density at radius 1 is 1.22 bits per heavy atom. The second-order valence-electron chi connectivity index (χ2n) is 3.93. The highest BCUT2D eigenvalue weighted by molar-refractivity contribution is 5.41. The van der Waals surface area contributed by atoms with Gasteiger partial charge in [-0.1, -0.05) is 6.07 Å². The lowest BCUT2D eigenvalue weighted by Gasteiger charge is -2.07. The van der Waals surface area contributed by atoms with Crippen molar-refractivity contribution in [2.75, 3.05) is 0 Å². The van der Waals surface area contributed by atoms with E-state index in [-0.39, 0.29) is 11.7 Å². The van der Waals surface area contributed by atoms with Gasteiger partial charge >= 0.3 is 0 Å². The topological polar surface area (TPSA) is 45.9 Å². The van der Waals surface area contributed by atoms with Crippen LogP contribution in [0.5, 0.6) is 11.6 Å². The van der Waals surface area contributed by atoms with E-state index in [1.807, 2.05) is 6.07 Å². The molecule has 0 spiro atoms. The molecule has 0 amide bonds. The number of hydrogen-bond acceptors (Lipinski definition) is 3. The van der Waals surface area contributed by atoms with E-state index in [9.17, 15) is 4.39 Å². The highest BCUT2D eigenvalue weighted by Crippen LogP contribution is 2.24. The van der Waals surface area contributed by atoms with Crippen LogP contribution in [0.3, 0.4) is 0 Å². The number of aromatic nitrogens is 1. The van der Waals surface area contributed by atoms with Gasteiger partial charge in [0.05, 0.1) is 0 Å². The first-order valence-corrected chi connectivity index (χ1v) is 5.42. The number of pyridine rings is 1. The SMILES string of the molecule is Cc1ccc(C#N)c(Oc2ccc(C)c(F)c2)n1. The zero-order valence-electron chi connectivity index (χ0n) is 10.1. The van der Waals surface area contributed by atoms with E-state index >= 15 is 0 Å². The predicted molar refractivity (Wildman–Crippen MR) is 64.9 cm³/mol. The maximum absolute atomic E-state index is 13.4. The number of benzene rings is 1. The van der Waals surface area contributed by atoms with Gasteiger partial charge < -0.3 is 4.74 Å². The van der Waals surface area contributed by atoms with Crippen molar-refractivity contribution >= 4 is 0 Å². The molecule has 1 heterocycles. The molecule has 0 aliphatic rings. The summed E-state index contributed by atoms with van der Waals surface area (Å²) in [5.41, 5.74) is 1.60. The van der Waals surface area contributed by atoms with Gasteiger partial charge in [0.25, 0.3) is 0 Å². The van der Waals surface area contributed by atoms with Crippen LogP contribution in [0.1, 0.15) is 16.8 Å². The molecule has 0 saturated heterocycles. The van der Waals surface area contributed by atoms with Crippen molar-refractivity contribution in [1.29, 1.82) is 5.26 Å². The Kier molecular flexibility index (Phi) is 3.24. The van der Waals surface area contributed by atoms with Gasteiger partial charge in [-0.3, -0.25) is 0 Å². The number of halogens is 1. The van der Waals surface area contributed by atoms with Crippen LogP contribution >= 0.6 is 0 Å². The van der Waals surface area contributed by atoms with Crippen LogP contribution in [0.4, 0.5) is 4.39 Å². The molecule has 4 heteroatoms. The summed E-state index contributed by atoms with van der Waals surface area (Å²) in [6.07, 6.45) is 0. The van der Waals surface area contributed by atoms with Crippen molar-refractivity contribution < 1.29 is 9.13 Å². The molecule has 90 valence electrons. The van der Waals surface area contributed by atoms with Gasteiger partial charge in [0.15, 0.2) is 0 Å². The molecule has 0 unspecified atom stereocenters. The number of nitriles is 1. The van der Waals surface area contributed by atoms with Gasteiger partial charge in [-0.15, -0.1) is 0 Å². The lowest BCUT2D eigenvalue weighted by atomic mass is 10.2. The highest BCUT2D eigenvalue weighted by atomic mass is 19.1. The van der Waals surface area contributed by atoms with Gasteiger partial charge in [0.1, 0.15) is 23.2 Å². The van der Waals surface area contributed by atoms with Gasteiger partial charge in [-0.05, 0) is 37.6 Å². The van der Waals surface area contributed by atoms with Crippen molar-refractivity contribution in [1.82, 2.24) is 4.98 Å². The maximum Gasteiger partial charge on any atom is 0.237 e. The fourth-order valence-electron chi connectivity index (χ4n) is 1.44. The largest absolute Gasteiger partial charge is 0.438 e. The minimum atomic E-state index is -0.348. The molecule has 2 rings (SSSR count). The third-order valence-electron chi connectivity index (χ3n) is 2.48. The third-order valence-corrected chi connectivity index (χ3v) is 2.48. The molecule has 0 radical (unpaired) electrons. The standard InChI is InChI=1S/C14H11FN2O/c1-9-3-6-12(7-13(9)15)18-14-11(8-16)5-4-10(2)17-14/h3-7H,1-2H3. The summed E-state index contributed by atoms with van der Waals surface area (Å²) in [7, 11) is 0. The molecule has 0 saturated carbocycles. The van der Waals surface area contributed by atoms with E-state index in [2.05, 4.69) is 4.98 Å². The molecule has 1 aromatic carbocycles. The molecule has 0 aliphatic carbocycles. The zero-order valence-corrected chi connectivity index (χ0v) is 10.1. The van der Waals surface area contributed by atoms with Crippen LogP contribution in [0.15, 0.2) is 30.3 Å². The Hall–Kier alpha value is -2.41. The first kappa shape index (κ1) is 12.1.